The number of hydrogen-bond donors (Lipinski definition) is 4. The first-order valence-electron chi connectivity index (χ1n) is 13.4. The molecule has 1 unspecified atom stereocenters. The van der Waals surface area contributed by atoms with Crippen molar-refractivity contribution in [3.05, 3.63) is 80.9 Å². The van der Waals surface area contributed by atoms with Crippen molar-refractivity contribution in [3.8, 4) is 5.75 Å². The molecule has 1 fully saturated rings. The molecule has 2 aliphatic rings. The van der Waals surface area contributed by atoms with E-state index in [1.54, 1.807) is 32.1 Å². The summed E-state index contributed by atoms with van der Waals surface area (Å²) in [5.41, 5.74) is -2.87. The first-order valence-corrected chi connectivity index (χ1v) is 14.9. The van der Waals surface area contributed by atoms with E-state index in [1.807, 2.05) is 4.98 Å². The standard InChI is InChI=1S/C27H33F2N4O9P/c1-15(2)40-24(36)16(3)32-43(38,42-19-8-5-17(6-9-19)20-10-7-18(28)13-30-20)39-14-21-23(35)27(4,29)25(41-21)33-12-11-22(34)31-26(33)37/h5-12,15-16,21,23,25,30,35H,13-14H2,1-4H3,(H,32,38)(H,31,34,37)/t16-,21+,23+,25+,27+,43?/m0/s1. The van der Waals surface area contributed by atoms with E-state index in [0.29, 0.717) is 11.3 Å². The lowest BCUT2D eigenvalue weighted by Crippen LogP contribution is -2.43. The number of nitrogens with one attached hydrogen (secondary N) is 3. The molecule has 2 aliphatic heterocycles. The summed E-state index contributed by atoms with van der Waals surface area (Å²) in [7, 11) is -4.45. The minimum absolute atomic E-state index is 0.0339. The number of carbonyl (C=O) groups excluding carboxylic acids is 1. The quantitative estimate of drug-likeness (QED) is 0.213. The zero-order chi connectivity index (χ0) is 31.5. The Bertz CT molecular complexity index is 1550. The number of rotatable bonds is 11. The first-order chi connectivity index (χ1) is 20.2. The van der Waals surface area contributed by atoms with E-state index in [1.165, 1.54) is 25.1 Å². The Labute approximate surface area is 245 Å². The second-order valence-corrected chi connectivity index (χ2v) is 12.1. The summed E-state index contributed by atoms with van der Waals surface area (Å²) in [6.45, 7) is 4.98. The van der Waals surface area contributed by atoms with E-state index in [9.17, 15) is 28.4 Å². The molecule has 0 radical (unpaired) electrons. The topological polar surface area (TPSA) is 170 Å². The fraction of sp³-hybridized carbons (Fsp3) is 0.444. The van der Waals surface area contributed by atoms with Crippen molar-refractivity contribution >= 4 is 19.4 Å². The molecule has 0 amide bonds. The predicted molar refractivity (Wildman–Crippen MR) is 150 cm³/mol. The Kier molecular flexibility index (Phi) is 9.72. The van der Waals surface area contributed by atoms with Crippen molar-refractivity contribution in [1.82, 2.24) is 20.0 Å². The monoisotopic (exact) mass is 626 g/mol. The van der Waals surface area contributed by atoms with Gasteiger partial charge in [0.05, 0.1) is 19.3 Å². The lowest BCUT2D eigenvalue weighted by molar-refractivity contribution is -0.149. The number of esters is 1. The van der Waals surface area contributed by atoms with Gasteiger partial charge < -0.3 is 24.4 Å². The maximum absolute atomic E-state index is 15.6. The normalized spacial score (nSPS) is 25.7. The molecule has 1 saturated heterocycles. The van der Waals surface area contributed by atoms with Gasteiger partial charge in [-0.25, -0.2) is 18.1 Å². The highest BCUT2D eigenvalue weighted by molar-refractivity contribution is 7.52. The molecule has 0 bridgehead atoms. The Morgan fingerprint density at radius 3 is 2.53 bits per heavy atom. The molecular formula is C27H33F2N4O9P. The van der Waals surface area contributed by atoms with Crippen LogP contribution in [0.3, 0.4) is 0 Å². The number of alkyl halides is 1. The summed E-state index contributed by atoms with van der Waals surface area (Å²) in [5, 5.41) is 16.1. The Morgan fingerprint density at radius 1 is 1.23 bits per heavy atom. The molecule has 4 rings (SSSR count). The summed E-state index contributed by atoms with van der Waals surface area (Å²) in [6.07, 6.45) is -1.52. The number of carbonyl (C=O) groups is 1. The summed E-state index contributed by atoms with van der Waals surface area (Å²) in [6, 6.07) is 5.99. The number of aromatic amines is 1. The predicted octanol–water partition coefficient (Wildman–Crippen LogP) is 2.45. The van der Waals surface area contributed by atoms with Crippen molar-refractivity contribution in [3.63, 3.8) is 0 Å². The molecule has 0 aliphatic carbocycles. The average Bonchev–Trinajstić information content (AvgIpc) is 3.16. The smallest absolute Gasteiger partial charge is 0.459 e. The van der Waals surface area contributed by atoms with Crippen LogP contribution in [-0.2, 0) is 23.4 Å². The molecular weight excluding hydrogens is 593 g/mol. The number of nitrogens with zero attached hydrogens (tertiary/aromatic N) is 1. The second-order valence-electron chi connectivity index (χ2n) is 10.4. The molecule has 4 N–H and O–H groups in total. The minimum Gasteiger partial charge on any atom is -0.462 e. The van der Waals surface area contributed by atoms with Gasteiger partial charge in [-0.2, -0.15) is 5.09 Å². The number of aliphatic hydroxyl groups excluding tert-OH is 1. The Morgan fingerprint density at radius 2 is 1.93 bits per heavy atom. The fourth-order valence-electron chi connectivity index (χ4n) is 4.35. The molecule has 16 heteroatoms. The summed E-state index contributed by atoms with van der Waals surface area (Å²) >= 11 is 0. The van der Waals surface area contributed by atoms with Crippen LogP contribution in [-0.4, -0.2) is 63.8 Å². The maximum Gasteiger partial charge on any atom is 0.459 e. The van der Waals surface area contributed by atoms with Crippen LogP contribution in [0, 0.1) is 0 Å². The van der Waals surface area contributed by atoms with Gasteiger partial charge in [0.15, 0.2) is 11.9 Å². The van der Waals surface area contributed by atoms with Gasteiger partial charge >= 0.3 is 19.4 Å². The molecule has 234 valence electrons. The van der Waals surface area contributed by atoms with Gasteiger partial charge in [-0.15, -0.1) is 0 Å². The van der Waals surface area contributed by atoms with Gasteiger partial charge in [0.2, 0.25) is 0 Å². The van der Waals surface area contributed by atoms with Gasteiger partial charge in [-0.3, -0.25) is 23.7 Å². The number of allylic oxidation sites excluding steroid dienone is 2. The van der Waals surface area contributed by atoms with Crippen LogP contribution >= 0.6 is 7.75 Å². The largest absolute Gasteiger partial charge is 0.462 e. The molecule has 1 aromatic heterocycles. The van der Waals surface area contributed by atoms with Gasteiger partial charge in [0.1, 0.15) is 29.8 Å². The molecule has 13 nitrogen and oxygen atoms in total. The van der Waals surface area contributed by atoms with Gasteiger partial charge in [0.25, 0.3) is 5.56 Å². The molecule has 3 heterocycles. The first kappa shape index (κ1) is 32.3. The highest BCUT2D eigenvalue weighted by Crippen LogP contribution is 2.47. The summed E-state index contributed by atoms with van der Waals surface area (Å²) in [4.78, 5) is 38.1. The number of aliphatic hydroxyl groups is 1. The van der Waals surface area contributed by atoms with Crippen LogP contribution in [0.4, 0.5) is 8.78 Å². The SMILES string of the molecule is CC(C)OC(=O)[C@H](C)NP(=O)(OC[C@H]1O[C@@H](n2ccc(=O)[nH]c2=O)[C@](C)(F)[C@@H]1O)Oc1ccc(C2=CC=C(F)CN2)cc1. The molecule has 0 saturated carbocycles. The van der Waals surface area contributed by atoms with E-state index in [2.05, 4.69) is 10.4 Å². The third kappa shape index (κ3) is 7.67. The van der Waals surface area contributed by atoms with E-state index in [0.717, 1.165) is 23.8 Å². The maximum atomic E-state index is 15.6. The molecule has 6 atom stereocenters. The fourth-order valence-corrected chi connectivity index (χ4v) is 5.85. The van der Waals surface area contributed by atoms with E-state index >= 15 is 4.39 Å². The van der Waals surface area contributed by atoms with Crippen molar-refractivity contribution in [1.29, 1.82) is 0 Å². The zero-order valence-electron chi connectivity index (χ0n) is 23.8. The highest BCUT2D eigenvalue weighted by atomic mass is 31.2. The van der Waals surface area contributed by atoms with Crippen molar-refractivity contribution < 1.29 is 41.8 Å². The molecule has 2 aromatic rings. The van der Waals surface area contributed by atoms with E-state index in [4.69, 9.17) is 18.5 Å². The lowest BCUT2D eigenvalue weighted by atomic mass is 9.98. The van der Waals surface area contributed by atoms with Gasteiger partial charge in [-0.05, 0) is 69.7 Å². The van der Waals surface area contributed by atoms with Crippen LogP contribution in [0.25, 0.3) is 5.70 Å². The number of aromatic nitrogens is 2. The third-order valence-electron chi connectivity index (χ3n) is 6.56. The molecule has 1 aromatic carbocycles. The number of halogens is 2. The molecule has 43 heavy (non-hydrogen) atoms. The van der Waals surface area contributed by atoms with Crippen molar-refractivity contribution in [2.24, 2.45) is 0 Å². The minimum atomic E-state index is -4.45. The van der Waals surface area contributed by atoms with Gasteiger partial charge in [0, 0.05) is 18.0 Å². The van der Waals surface area contributed by atoms with Crippen LogP contribution in [0.2, 0.25) is 0 Å². The second kappa shape index (κ2) is 12.9. The van der Waals surface area contributed by atoms with Crippen LogP contribution < -0.4 is 26.2 Å². The summed E-state index contributed by atoms with van der Waals surface area (Å²) < 4.78 is 65.5. The van der Waals surface area contributed by atoms with E-state index < -0.39 is 67.8 Å². The number of H-pyrrole nitrogens is 1. The number of dihydropyridines is 1. The van der Waals surface area contributed by atoms with E-state index in [-0.39, 0.29) is 18.1 Å². The van der Waals surface area contributed by atoms with Gasteiger partial charge in [-0.1, -0.05) is 0 Å². The zero-order valence-corrected chi connectivity index (χ0v) is 24.7. The summed E-state index contributed by atoms with van der Waals surface area (Å²) in [5.74, 6) is -1.01. The third-order valence-corrected chi connectivity index (χ3v) is 8.20. The Balaban J connectivity index is 1.54. The number of ether oxygens (including phenoxy) is 2. The van der Waals surface area contributed by atoms with Crippen LogP contribution in [0.5, 0.6) is 5.75 Å². The number of hydrogen-bond acceptors (Lipinski definition) is 10. The average molecular weight is 627 g/mol. The van der Waals surface area contributed by atoms with Crippen LogP contribution in [0.15, 0.2) is 64.1 Å². The highest BCUT2D eigenvalue weighted by Gasteiger charge is 2.56. The lowest BCUT2D eigenvalue weighted by Gasteiger charge is -2.25. The van der Waals surface area contributed by atoms with Crippen molar-refractivity contribution in [2.75, 3.05) is 13.2 Å². The molecule has 0 spiro atoms. The number of benzene rings is 1. The van der Waals surface area contributed by atoms with Crippen molar-refractivity contribution in [2.45, 2.75) is 63.9 Å². The van der Waals surface area contributed by atoms with Crippen LogP contribution in [0.1, 0.15) is 39.5 Å². The Hall–Kier alpha value is -3.62.